The van der Waals surface area contributed by atoms with Crippen molar-refractivity contribution in [3.05, 3.63) is 30.2 Å². The first kappa shape index (κ1) is 24.0. The van der Waals surface area contributed by atoms with Crippen LogP contribution >= 0.6 is 23.1 Å². The Bertz CT molecular complexity index is 790. The number of hydrogen-bond donors (Lipinski definition) is 1. The summed E-state index contributed by atoms with van der Waals surface area (Å²) in [5.74, 6) is 5.47. The lowest BCUT2D eigenvalue weighted by Crippen LogP contribution is -2.13. The molecule has 0 aromatic carbocycles. The number of rotatable bonds is 7. The zero-order valence-corrected chi connectivity index (χ0v) is 17.5. The minimum Gasteiger partial charge on any atom is -0.316 e. The fraction of sp³-hybridized carbons (Fsp3) is 0.421. The molecular weight excluding hydrogens is 407 g/mol. The molecule has 2 rings (SSSR count). The molecule has 4 nitrogen and oxygen atoms in total. The van der Waals surface area contributed by atoms with Crippen molar-refractivity contribution in [2.75, 3.05) is 16.8 Å². The molecule has 0 radical (unpaired) electrons. The van der Waals surface area contributed by atoms with E-state index in [0.717, 1.165) is 22.3 Å². The minimum absolute atomic E-state index is 0.0263. The quantitative estimate of drug-likeness (QED) is 0.463. The molecule has 0 saturated heterocycles. The maximum absolute atomic E-state index is 12.0. The van der Waals surface area contributed by atoms with Gasteiger partial charge in [0.15, 0.2) is 0 Å². The Hall–Kier alpha value is -2.05. The Kier molecular flexibility index (Phi) is 10.6. The highest BCUT2D eigenvalue weighted by Crippen LogP contribution is 2.31. The second-order valence-corrected chi connectivity index (χ2v) is 7.67. The van der Waals surface area contributed by atoms with E-state index in [4.69, 9.17) is 0 Å². The number of halogens is 3. The van der Waals surface area contributed by atoms with Gasteiger partial charge in [-0.15, -0.1) is 11.8 Å². The monoisotopic (exact) mass is 429 g/mol. The topological polar surface area (TPSA) is 54.9 Å². The van der Waals surface area contributed by atoms with Crippen LogP contribution in [0.15, 0.2) is 24.5 Å². The number of thiazole rings is 1. The van der Waals surface area contributed by atoms with E-state index >= 15 is 0 Å². The second-order valence-electron chi connectivity index (χ2n) is 5.45. The van der Waals surface area contributed by atoms with Crippen molar-refractivity contribution < 1.29 is 18.0 Å². The number of nitrogens with one attached hydrogen (secondary N) is 1. The molecular formula is C19H22F3N3OS2. The third-order valence-electron chi connectivity index (χ3n) is 3.21. The van der Waals surface area contributed by atoms with Crippen molar-refractivity contribution in [1.82, 2.24) is 9.97 Å². The molecule has 2 heterocycles. The standard InChI is InChI=1S/C15H16F3N3OS2.C4H6/c1-10-13(24-14(20-10)11-3-2-6-19-9-11)21-12(22)4-7-23-8-5-15(16,17)18;1-3-4-2/h2-3,6,9H,4-5,7-8H2,1H3,(H,21,22);1-2H3. The number of thioether (sulfide) groups is 1. The van der Waals surface area contributed by atoms with Gasteiger partial charge in [-0.3, -0.25) is 9.78 Å². The predicted octanol–water partition coefficient (Wildman–Crippen LogP) is 5.56. The van der Waals surface area contributed by atoms with E-state index in [-0.39, 0.29) is 18.1 Å². The summed E-state index contributed by atoms with van der Waals surface area (Å²) in [7, 11) is 0. The molecule has 1 N–H and O–H groups in total. The average molecular weight is 430 g/mol. The predicted molar refractivity (Wildman–Crippen MR) is 110 cm³/mol. The van der Waals surface area contributed by atoms with Gasteiger partial charge in [0.1, 0.15) is 10.0 Å². The van der Waals surface area contributed by atoms with Gasteiger partial charge in [0, 0.05) is 35.9 Å². The van der Waals surface area contributed by atoms with Crippen LogP contribution in [0.5, 0.6) is 0 Å². The van der Waals surface area contributed by atoms with Crippen LogP contribution in [-0.4, -0.2) is 33.6 Å². The summed E-state index contributed by atoms with van der Waals surface area (Å²) in [5.41, 5.74) is 1.57. The molecule has 9 heteroatoms. The molecule has 0 aliphatic carbocycles. The Labute approximate surface area is 171 Å². The van der Waals surface area contributed by atoms with Crippen molar-refractivity contribution in [1.29, 1.82) is 0 Å². The Morgan fingerprint density at radius 2 is 2.00 bits per heavy atom. The van der Waals surface area contributed by atoms with Crippen molar-refractivity contribution in [2.24, 2.45) is 0 Å². The number of anilines is 1. The molecule has 0 aliphatic rings. The minimum atomic E-state index is -4.14. The number of nitrogens with zero attached hydrogens (tertiary/aromatic N) is 2. The van der Waals surface area contributed by atoms with E-state index in [9.17, 15) is 18.0 Å². The van der Waals surface area contributed by atoms with Crippen molar-refractivity contribution in [2.45, 2.75) is 39.8 Å². The van der Waals surface area contributed by atoms with Crippen LogP contribution in [0.1, 0.15) is 32.4 Å². The maximum Gasteiger partial charge on any atom is 0.389 e. The smallest absolute Gasteiger partial charge is 0.316 e. The number of amides is 1. The SMILES string of the molecule is CC#CC.Cc1nc(-c2cccnc2)sc1NC(=O)CCSCCC(F)(F)F. The molecule has 0 unspecified atom stereocenters. The van der Waals surface area contributed by atoms with E-state index in [0.29, 0.717) is 16.4 Å². The van der Waals surface area contributed by atoms with Crippen LogP contribution in [0.3, 0.4) is 0 Å². The lowest BCUT2D eigenvalue weighted by molar-refractivity contribution is -0.129. The summed E-state index contributed by atoms with van der Waals surface area (Å²) < 4.78 is 36.0. The number of alkyl halides is 3. The Morgan fingerprint density at radius 3 is 2.57 bits per heavy atom. The molecule has 0 fully saturated rings. The lowest BCUT2D eigenvalue weighted by atomic mass is 10.3. The highest BCUT2D eigenvalue weighted by atomic mass is 32.2. The molecule has 0 aliphatic heterocycles. The number of aryl methyl sites for hydroxylation is 1. The normalized spacial score (nSPS) is 10.4. The van der Waals surface area contributed by atoms with Gasteiger partial charge in [-0.25, -0.2) is 4.98 Å². The number of carbonyl (C=O) groups is 1. The number of hydrogen-bond acceptors (Lipinski definition) is 5. The first-order valence-corrected chi connectivity index (χ1v) is 10.4. The fourth-order valence-electron chi connectivity index (χ4n) is 1.77. The molecule has 152 valence electrons. The van der Waals surface area contributed by atoms with Crippen LogP contribution in [-0.2, 0) is 4.79 Å². The summed E-state index contributed by atoms with van der Waals surface area (Å²) in [6.07, 6.45) is -1.44. The molecule has 1 amide bonds. The van der Waals surface area contributed by atoms with Gasteiger partial charge in [-0.2, -0.15) is 24.9 Å². The molecule has 2 aromatic rings. The molecule has 0 spiro atoms. The third kappa shape index (κ3) is 9.76. The summed E-state index contributed by atoms with van der Waals surface area (Å²) in [6, 6.07) is 3.69. The van der Waals surface area contributed by atoms with Crippen molar-refractivity contribution >= 4 is 34.0 Å². The highest BCUT2D eigenvalue weighted by molar-refractivity contribution is 7.99. The number of aromatic nitrogens is 2. The van der Waals surface area contributed by atoms with Crippen LogP contribution in [0, 0.1) is 18.8 Å². The van der Waals surface area contributed by atoms with Gasteiger partial charge >= 0.3 is 6.18 Å². The number of carbonyl (C=O) groups excluding carboxylic acids is 1. The van der Waals surface area contributed by atoms with Crippen molar-refractivity contribution in [3.63, 3.8) is 0 Å². The molecule has 28 heavy (non-hydrogen) atoms. The Morgan fingerprint density at radius 1 is 1.29 bits per heavy atom. The van der Waals surface area contributed by atoms with Crippen molar-refractivity contribution in [3.8, 4) is 22.4 Å². The van der Waals surface area contributed by atoms with Crippen LogP contribution < -0.4 is 5.32 Å². The van der Waals surface area contributed by atoms with Gasteiger partial charge in [0.25, 0.3) is 0 Å². The largest absolute Gasteiger partial charge is 0.389 e. The summed E-state index contributed by atoms with van der Waals surface area (Å²) in [4.78, 5) is 20.3. The van der Waals surface area contributed by atoms with E-state index in [1.54, 1.807) is 19.3 Å². The lowest BCUT2D eigenvalue weighted by Gasteiger charge is -2.06. The number of pyridine rings is 1. The van der Waals surface area contributed by atoms with E-state index < -0.39 is 12.6 Å². The summed E-state index contributed by atoms with van der Waals surface area (Å²) in [6.45, 7) is 5.43. The first-order valence-electron chi connectivity index (χ1n) is 8.42. The molecule has 0 bridgehead atoms. The second kappa shape index (κ2) is 12.4. The zero-order chi connectivity index (χ0) is 21.0. The molecule has 2 aromatic heterocycles. The summed E-state index contributed by atoms with van der Waals surface area (Å²) in [5, 5.41) is 4.18. The van der Waals surface area contributed by atoms with Crippen LogP contribution in [0.25, 0.3) is 10.6 Å². The first-order chi connectivity index (χ1) is 13.3. The third-order valence-corrected chi connectivity index (χ3v) is 5.32. The Balaban J connectivity index is 0.000000892. The van der Waals surface area contributed by atoms with Crippen LogP contribution in [0.2, 0.25) is 0 Å². The van der Waals surface area contributed by atoms with Gasteiger partial charge in [-0.1, -0.05) is 11.3 Å². The molecule has 0 atom stereocenters. The zero-order valence-electron chi connectivity index (χ0n) is 15.9. The van der Waals surface area contributed by atoms with Gasteiger partial charge in [0.2, 0.25) is 5.91 Å². The highest BCUT2D eigenvalue weighted by Gasteiger charge is 2.26. The van der Waals surface area contributed by atoms with E-state index in [2.05, 4.69) is 27.1 Å². The maximum atomic E-state index is 12.0. The van der Waals surface area contributed by atoms with Gasteiger partial charge in [0.05, 0.1) is 12.1 Å². The van der Waals surface area contributed by atoms with Gasteiger partial charge < -0.3 is 5.32 Å². The van der Waals surface area contributed by atoms with E-state index in [1.165, 1.54) is 11.3 Å². The fourth-order valence-corrected chi connectivity index (χ4v) is 3.65. The average Bonchev–Trinajstić information content (AvgIpc) is 3.02. The summed E-state index contributed by atoms with van der Waals surface area (Å²) >= 11 is 2.47. The van der Waals surface area contributed by atoms with Crippen LogP contribution in [0.4, 0.5) is 18.2 Å². The molecule has 0 saturated carbocycles. The van der Waals surface area contributed by atoms with E-state index in [1.807, 2.05) is 26.0 Å². The van der Waals surface area contributed by atoms with Gasteiger partial charge in [-0.05, 0) is 32.9 Å².